The number of nitrogens with zero attached hydrogens (tertiary/aromatic N) is 2. The Labute approximate surface area is 82.8 Å². The van der Waals surface area contributed by atoms with Gasteiger partial charge in [-0.2, -0.15) is 0 Å². The van der Waals surface area contributed by atoms with Gasteiger partial charge in [0, 0.05) is 11.0 Å². The van der Waals surface area contributed by atoms with Gasteiger partial charge in [-0.3, -0.25) is 0 Å². The van der Waals surface area contributed by atoms with Crippen LogP contribution in [0.15, 0.2) is 23.3 Å². The maximum absolute atomic E-state index is 4.02. The van der Waals surface area contributed by atoms with Gasteiger partial charge < -0.3 is 8.80 Å². The topological polar surface area (TPSA) is 6.25 Å². The normalized spacial score (nSPS) is 36.5. The smallest absolute Gasteiger partial charge is 0.226 e. The molecule has 1 atom stereocenters. The molecule has 0 amide bonds. The molecule has 0 bridgehead atoms. The fourth-order valence-electron chi connectivity index (χ4n) is 2.64. The Bertz CT molecular complexity index is 322. The van der Waals surface area contributed by atoms with Crippen LogP contribution in [0.2, 0.25) is 19.6 Å². The number of allylic oxidation sites excluding steroid dienone is 1. The predicted octanol–water partition coefficient (Wildman–Crippen LogP) is 2.02. The highest BCUT2D eigenvalue weighted by molar-refractivity contribution is 7.03. The minimum Gasteiger partial charge on any atom is -0.362 e. The third kappa shape index (κ3) is 0.812. The van der Waals surface area contributed by atoms with Gasteiger partial charge >= 0.3 is 0 Å². The Morgan fingerprint density at radius 1 is 1.31 bits per heavy atom. The van der Waals surface area contributed by atoms with E-state index >= 15 is 0 Å². The summed E-state index contributed by atoms with van der Waals surface area (Å²) in [6.07, 6.45) is 0. The lowest BCUT2D eigenvalue weighted by atomic mass is 10.7. The summed E-state index contributed by atoms with van der Waals surface area (Å²) in [5.41, 5.74) is 3.76. The second kappa shape index (κ2) is 2.18. The van der Waals surface area contributed by atoms with Crippen molar-refractivity contribution < 1.29 is 0 Å². The SMILES string of the molecule is C=C[Si]1(C)C2=C(C)N2[Si](C)(C)N1C. The number of fused-ring (bicyclic) bond motifs is 1. The van der Waals surface area contributed by atoms with Crippen molar-refractivity contribution in [1.29, 1.82) is 0 Å². The molecular weight excluding hydrogens is 192 g/mol. The molecule has 0 N–H and O–H groups in total. The maximum Gasteiger partial charge on any atom is 0.226 e. The molecule has 0 aromatic rings. The standard InChI is InChI=1S/C9H18N2Si2/c1-7-13(6)9-8(2)11(9)12(4,5)10(13)3/h7H,1H2,2-6H3. The van der Waals surface area contributed by atoms with Crippen molar-refractivity contribution in [2.45, 2.75) is 26.6 Å². The molecule has 4 heteroatoms. The van der Waals surface area contributed by atoms with Gasteiger partial charge in [-0.25, -0.2) is 0 Å². The summed E-state index contributed by atoms with van der Waals surface area (Å²) in [5.74, 6) is 0. The highest BCUT2D eigenvalue weighted by Crippen LogP contribution is 2.52. The first kappa shape index (κ1) is 9.24. The van der Waals surface area contributed by atoms with Crippen molar-refractivity contribution in [3.05, 3.63) is 23.3 Å². The Hall–Kier alpha value is -0.326. The summed E-state index contributed by atoms with van der Waals surface area (Å²) in [5, 5.41) is 1.64. The summed E-state index contributed by atoms with van der Waals surface area (Å²) in [7, 11) is -0.452. The zero-order valence-corrected chi connectivity index (χ0v) is 11.2. The molecule has 1 fully saturated rings. The number of hydrogen-bond donors (Lipinski definition) is 0. The Balaban J connectivity index is 2.49. The molecule has 0 saturated carbocycles. The molecule has 1 saturated heterocycles. The molecule has 2 nitrogen and oxygen atoms in total. The first-order valence-corrected chi connectivity index (χ1v) is 10.2. The van der Waals surface area contributed by atoms with Crippen molar-refractivity contribution in [3.8, 4) is 0 Å². The van der Waals surface area contributed by atoms with E-state index in [-0.39, 0.29) is 0 Å². The summed E-state index contributed by atoms with van der Waals surface area (Å²) in [4.78, 5) is 0. The molecular formula is C9H18N2Si2. The molecule has 72 valence electrons. The van der Waals surface area contributed by atoms with Crippen molar-refractivity contribution in [1.82, 2.24) is 8.80 Å². The van der Waals surface area contributed by atoms with Crippen LogP contribution in [0.3, 0.4) is 0 Å². The van der Waals surface area contributed by atoms with Crippen molar-refractivity contribution in [2.24, 2.45) is 0 Å². The van der Waals surface area contributed by atoms with Gasteiger partial charge in [-0.15, -0.1) is 6.58 Å². The Morgan fingerprint density at radius 3 is 2.15 bits per heavy atom. The fraction of sp³-hybridized carbons (Fsp3) is 0.556. The lowest BCUT2D eigenvalue weighted by Crippen LogP contribution is -2.57. The van der Waals surface area contributed by atoms with Gasteiger partial charge in [0.25, 0.3) is 0 Å². The molecule has 2 aliphatic heterocycles. The van der Waals surface area contributed by atoms with Crippen LogP contribution in [0.25, 0.3) is 0 Å². The van der Waals surface area contributed by atoms with Crippen LogP contribution in [0, 0.1) is 0 Å². The lowest BCUT2D eigenvalue weighted by Gasteiger charge is -2.36. The highest BCUT2D eigenvalue weighted by atomic mass is 28.4. The molecule has 2 heterocycles. The molecule has 2 aliphatic rings. The number of rotatable bonds is 1. The van der Waals surface area contributed by atoms with Gasteiger partial charge in [-0.05, 0) is 33.6 Å². The summed E-state index contributed by atoms with van der Waals surface area (Å²) < 4.78 is 5.25. The second-order valence-corrected chi connectivity index (χ2v) is 13.1. The van der Waals surface area contributed by atoms with Crippen LogP contribution >= 0.6 is 0 Å². The van der Waals surface area contributed by atoms with Crippen LogP contribution in [-0.4, -0.2) is 32.5 Å². The van der Waals surface area contributed by atoms with E-state index in [1.54, 1.807) is 11.0 Å². The first-order valence-electron chi connectivity index (χ1n) is 4.76. The van der Waals surface area contributed by atoms with Crippen LogP contribution in [-0.2, 0) is 0 Å². The molecule has 2 rings (SSSR count). The first-order chi connectivity index (χ1) is 5.87. The Kier molecular flexibility index (Phi) is 1.55. The van der Waals surface area contributed by atoms with Gasteiger partial charge in [0.05, 0.1) is 0 Å². The molecule has 0 aromatic heterocycles. The third-order valence-corrected chi connectivity index (χ3v) is 14.1. The van der Waals surface area contributed by atoms with E-state index in [2.05, 4.69) is 54.7 Å². The predicted molar refractivity (Wildman–Crippen MR) is 61.6 cm³/mol. The molecule has 0 aliphatic carbocycles. The molecule has 1 unspecified atom stereocenters. The van der Waals surface area contributed by atoms with E-state index in [0.717, 1.165) is 0 Å². The van der Waals surface area contributed by atoms with Gasteiger partial charge in [0.15, 0.2) is 8.24 Å². The third-order valence-electron chi connectivity index (χ3n) is 3.79. The molecule has 0 spiro atoms. The van der Waals surface area contributed by atoms with Crippen LogP contribution < -0.4 is 0 Å². The number of hydrogen-bond acceptors (Lipinski definition) is 2. The largest absolute Gasteiger partial charge is 0.362 e. The van der Waals surface area contributed by atoms with E-state index in [9.17, 15) is 0 Å². The minimum absolute atomic E-state index is 1.31. The van der Waals surface area contributed by atoms with Crippen molar-refractivity contribution in [3.63, 3.8) is 0 Å². The van der Waals surface area contributed by atoms with Crippen LogP contribution in [0.1, 0.15) is 6.92 Å². The van der Waals surface area contributed by atoms with E-state index in [4.69, 9.17) is 0 Å². The minimum atomic E-state index is -1.43. The maximum atomic E-state index is 4.02. The highest BCUT2D eigenvalue weighted by Gasteiger charge is 2.63. The summed E-state index contributed by atoms with van der Waals surface area (Å²) in [6.45, 7) is 13.5. The lowest BCUT2D eigenvalue weighted by molar-refractivity contribution is 0.708. The fourth-order valence-corrected chi connectivity index (χ4v) is 13.8. The Morgan fingerprint density at radius 2 is 1.85 bits per heavy atom. The average molecular weight is 210 g/mol. The van der Waals surface area contributed by atoms with E-state index in [1.807, 2.05) is 0 Å². The van der Waals surface area contributed by atoms with Gasteiger partial charge in [0.2, 0.25) is 8.40 Å². The summed E-state index contributed by atoms with van der Waals surface area (Å²) in [6, 6.07) is 0. The van der Waals surface area contributed by atoms with Gasteiger partial charge in [0.1, 0.15) is 0 Å². The summed E-state index contributed by atoms with van der Waals surface area (Å²) >= 11 is 0. The van der Waals surface area contributed by atoms with Crippen LogP contribution in [0.4, 0.5) is 0 Å². The van der Waals surface area contributed by atoms with Crippen molar-refractivity contribution in [2.75, 3.05) is 7.05 Å². The van der Waals surface area contributed by atoms with Gasteiger partial charge in [-0.1, -0.05) is 5.70 Å². The molecule has 13 heavy (non-hydrogen) atoms. The molecule has 0 radical (unpaired) electrons. The zero-order chi connectivity index (χ0) is 10.0. The molecule has 0 aromatic carbocycles. The van der Waals surface area contributed by atoms with Crippen LogP contribution in [0.5, 0.6) is 0 Å². The van der Waals surface area contributed by atoms with E-state index in [1.165, 1.54) is 0 Å². The zero-order valence-electron chi connectivity index (χ0n) is 9.18. The van der Waals surface area contributed by atoms with Crippen molar-refractivity contribution >= 4 is 16.6 Å². The second-order valence-electron chi connectivity index (χ2n) is 4.67. The quantitative estimate of drug-likeness (QED) is 0.611. The average Bonchev–Trinajstić information content (AvgIpc) is 2.71. The van der Waals surface area contributed by atoms with E-state index in [0.29, 0.717) is 0 Å². The monoisotopic (exact) mass is 210 g/mol. The van der Waals surface area contributed by atoms with E-state index < -0.39 is 16.6 Å².